The van der Waals surface area contributed by atoms with E-state index in [1.165, 1.54) is 25.3 Å². The van der Waals surface area contributed by atoms with Crippen LogP contribution in [-0.4, -0.2) is 58.9 Å². The van der Waals surface area contributed by atoms with E-state index in [1.54, 1.807) is 0 Å². The lowest BCUT2D eigenvalue weighted by molar-refractivity contribution is -0.0372. The fraction of sp³-hybridized carbons (Fsp3) is 0.474. The highest BCUT2D eigenvalue weighted by Crippen LogP contribution is 2.41. The molecule has 8 nitrogen and oxygen atoms in total. The maximum Gasteiger partial charge on any atom is 0.343 e. The molecule has 1 aromatic heterocycles. The molecule has 0 spiro atoms. The van der Waals surface area contributed by atoms with Gasteiger partial charge < -0.3 is 29.5 Å². The summed E-state index contributed by atoms with van der Waals surface area (Å²) in [6, 6.07) is 3.95. The Bertz CT molecular complexity index is 883. The normalized spacial score (nSPS) is 26.9. The zero-order valence-corrected chi connectivity index (χ0v) is 15.2. The van der Waals surface area contributed by atoms with E-state index in [1.807, 2.05) is 4.90 Å². The minimum Gasteiger partial charge on any atom is -0.494 e. The third kappa shape index (κ3) is 3.10. The van der Waals surface area contributed by atoms with E-state index in [0.717, 1.165) is 0 Å². The number of rotatable bonds is 4. The average molecular weight is 392 g/mol. The molecule has 3 N–H and O–H groups in total. The van der Waals surface area contributed by atoms with Crippen LogP contribution in [0.25, 0.3) is 11.3 Å². The lowest BCUT2D eigenvalue weighted by Crippen LogP contribution is -2.38. The Kier molecular flexibility index (Phi) is 4.72. The molecule has 1 saturated heterocycles. The van der Waals surface area contributed by atoms with Crippen LogP contribution < -0.4 is 9.64 Å². The van der Waals surface area contributed by atoms with Crippen molar-refractivity contribution in [2.24, 2.45) is 11.8 Å². The van der Waals surface area contributed by atoms with Crippen LogP contribution in [0.3, 0.4) is 0 Å². The van der Waals surface area contributed by atoms with E-state index in [4.69, 9.17) is 9.26 Å². The quantitative estimate of drug-likeness (QED) is 0.721. The highest BCUT2D eigenvalue weighted by atomic mass is 19.1. The second kappa shape index (κ2) is 7.06. The van der Waals surface area contributed by atoms with Crippen molar-refractivity contribution in [1.29, 1.82) is 0 Å². The highest BCUT2D eigenvalue weighted by molar-refractivity contribution is 5.99. The average Bonchev–Trinajstić information content (AvgIpc) is 3.26. The maximum absolute atomic E-state index is 13.7. The van der Waals surface area contributed by atoms with E-state index in [-0.39, 0.29) is 34.7 Å². The van der Waals surface area contributed by atoms with Gasteiger partial charge in [0.1, 0.15) is 0 Å². The molecule has 1 aliphatic carbocycles. The molecular weight excluding hydrogens is 371 g/mol. The minimum absolute atomic E-state index is 0.0238. The highest BCUT2D eigenvalue weighted by Gasteiger charge is 2.43. The number of hydrogen-bond acceptors (Lipinski definition) is 7. The number of methoxy groups -OCH3 is 1. The topological polar surface area (TPSA) is 116 Å². The summed E-state index contributed by atoms with van der Waals surface area (Å²) in [6.45, 7) is 1.04. The van der Waals surface area contributed by atoms with Crippen LogP contribution in [-0.2, 0) is 0 Å². The van der Waals surface area contributed by atoms with Gasteiger partial charge in [-0.15, -0.1) is 0 Å². The van der Waals surface area contributed by atoms with Gasteiger partial charge in [-0.05, 0) is 42.9 Å². The summed E-state index contributed by atoms with van der Waals surface area (Å²) in [4.78, 5) is 13.8. The van der Waals surface area contributed by atoms with Gasteiger partial charge in [-0.1, -0.05) is 5.16 Å². The van der Waals surface area contributed by atoms with Crippen LogP contribution in [0.5, 0.6) is 5.75 Å². The summed E-state index contributed by atoms with van der Waals surface area (Å²) in [5.74, 6) is -1.29. The number of carboxylic acid groups (broad SMARTS) is 1. The number of aromatic carboxylic acids is 1. The Labute approximate surface area is 160 Å². The van der Waals surface area contributed by atoms with Gasteiger partial charge in [-0.3, -0.25) is 0 Å². The van der Waals surface area contributed by atoms with E-state index in [2.05, 4.69) is 5.16 Å². The molecule has 2 aromatic rings. The molecule has 0 amide bonds. The predicted molar refractivity (Wildman–Crippen MR) is 95.8 cm³/mol. The fourth-order valence-electron chi connectivity index (χ4n) is 4.27. The van der Waals surface area contributed by atoms with Gasteiger partial charge in [0.25, 0.3) is 0 Å². The number of hydrogen-bond donors (Lipinski definition) is 3. The zero-order valence-electron chi connectivity index (χ0n) is 15.2. The minimum atomic E-state index is -1.20. The SMILES string of the molecule is COc1cc(-c2onc(N3C[C@H]4C[C@H](O)[C@H](O)C[C@H]4C3)c2C(=O)O)ccc1F. The molecule has 0 unspecified atom stereocenters. The van der Waals surface area contributed by atoms with Crippen LogP contribution in [0.15, 0.2) is 22.7 Å². The van der Waals surface area contributed by atoms with Crippen LogP contribution in [0.4, 0.5) is 10.2 Å². The van der Waals surface area contributed by atoms with Crippen LogP contribution in [0.1, 0.15) is 23.2 Å². The number of carbonyl (C=O) groups is 1. The first-order valence-corrected chi connectivity index (χ1v) is 9.07. The summed E-state index contributed by atoms with van der Waals surface area (Å²) >= 11 is 0. The maximum atomic E-state index is 13.7. The van der Waals surface area contributed by atoms with E-state index in [9.17, 15) is 24.5 Å². The molecular formula is C19H21FN2O6. The van der Waals surface area contributed by atoms with Gasteiger partial charge >= 0.3 is 5.97 Å². The Morgan fingerprint density at radius 3 is 2.46 bits per heavy atom. The molecule has 4 rings (SSSR count). The van der Waals surface area contributed by atoms with Crippen molar-refractivity contribution in [2.45, 2.75) is 25.0 Å². The third-order valence-corrected chi connectivity index (χ3v) is 5.71. The number of halogens is 1. The molecule has 9 heteroatoms. The van der Waals surface area contributed by atoms with Crippen molar-refractivity contribution in [1.82, 2.24) is 5.16 Å². The van der Waals surface area contributed by atoms with Gasteiger partial charge in [0.15, 0.2) is 28.7 Å². The number of nitrogens with zero attached hydrogens (tertiary/aromatic N) is 2. The summed E-state index contributed by atoms with van der Waals surface area (Å²) < 4.78 is 24.0. The molecule has 4 atom stereocenters. The number of aromatic nitrogens is 1. The van der Waals surface area contributed by atoms with Gasteiger partial charge in [0, 0.05) is 18.7 Å². The first-order chi connectivity index (χ1) is 13.4. The Morgan fingerprint density at radius 2 is 1.89 bits per heavy atom. The van der Waals surface area contributed by atoms with Crippen molar-refractivity contribution < 1.29 is 33.8 Å². The largest absolute Gasteiger partial charge is 0.494 e. The number of fused-ring (bicyclic) bond motifs is 1. The van der Waals surface area contributed by atoms with Crippen molar-refractivity contribution in [3.05, 3.63) is 29.6 Å². The number of ether oxygens (including phenoxy) is 1. The molecule has 2 fully saturated rings. The summed E-state index contributed by atoms with van der Waals surface area (Å²) in [6.07, 6.45) is -0.603. The lowest BCUT2D eigenvalue weighted by Gasteiger charge is -2.31. The number of anilines is 1. The van der Waals surface area contributed by atoms with Crippen LogP contribution in [0.2, 0.25) is 0 Å². The van der Waals surface area contributed by atoms with Crippen molar-refractivity contribution in [3.8, 4) is 17.1 Å². The fourth-order valence-corrected chi connectivity index (χ4v) is 4.27. The standard InChI is InChI=1S/C19H21FN2O6/c1-27-15-6-9(2-3-12(15)20)17-16(19(25)26)18(21-28-17)22-7-10-4-13(23)14(24)5-11(10)8-22/h2-3,6,10-11,13-14,23-24H,4-5,7-8H2,1H3,(H,25,26)/t10-,11+,13+,14-. The van der Waals surface area contributed by atoms with E-state index < -0.39 is 24.0 Å². The molecule has 28 heavy (non-hydrogen) atoms. The van der Waals surface area contributed by atoms with Gasteiger partial charge in [-0.25, -0.2) is 9.18 Å². The molecule has 0 radical (unpaired) electrons. The first kappa shape index (κ1) is 18.7. The van der Waals surface area contributed by atoms with Crippen molar-refractivity contribution in [2.75, 3.05) is 25.1 Å². The summed E-state index contributed by atoms with van der Waals surface area (Å²) in [5.41, 5.74) is 0.241. The van der Waals surface area contributed by atoms with Crippen molar-refractivity contribution in [3.63, 3.8) is 0 Å². The molecule has 150 valence electrons. The van der Waals surface area contributed by atoms with E-state index in [0.29, 0.717) is 31.5 Å². The molecule has 1 aliphatic heterocycles. The lowest BCUT2D eigenvalue weighted by atomic mass is 9.79. The van der Waals surface area contributed by atoms with Gasteiger partial charge in [0.2, 0.25) is 0 Å². The molecule has 2 heterocycles. The van der Waals surface area contributed by atoms with Gasteiger partial charge in [0.05, 0.1) is 19.3 Å². The summed E-state index contributed by atoms with van der Waals surface area (Å²) in [5, 5.41) is 33.6. The Morgan fingerprint density at radius 1 is 1.25 bits per heavy atom. The number of carboxylic acids is 1. The second-order valence-corrected chi connectivity index (χ2v) is 7.40. The number of benzene rings is 1. The molecule has 1 saturated carbocycles. The van der Waals surface area contributed by atoms with Crippen LogP contribution in [0, 0.1) is 17.7 Å². The van der Waals surface area contributed by atoms with Gasteiger partial charge in [-0.2, -0.15) is 0 Å². The first-order valence-electron chi connectivity index (χ1n) is 9.07. The van der Waals surface area contributed by atoms with Crippen LogP contribution >= 0.6 is 0 Å². The molecule has 2 aliphatic rings. The Balaban J connectivity index is 1.68. The zero-order chi connectivity index (χ0) is 20.0. The number of aliphatic hydroxyl groups excluding tert-OH is 2. The smallest absolute Gasteiger partial charge is 0.343 e. The number of aliphatic hydroxyl groups is 2. The molecule has 1 aromatic carbocycles. The molecule has 0 bridgehead atoms. The van der Waals surface area contributed by atoms with E-state index >= 15 is 0 Å². The predicted octanol–water partition coefficient (Wildman–Crippen LogP) is 1.76. The van der Waals surface area contributed by atoms with Crippen molar-refractivity contribution >= 4 is 11.8 Å². The monoisotopic (exact) mass is 392 g/mol. The second-order valence-electron chi connectivity index (χ2n) is 7.40. The third-order valence-electron chi connectivity index (χ3n) is 5.71. The Hall–Kier alpha value is -2.65. The summed E-state index contributed by atoms with van der Waals surface area (Å²) in [7, 11) is 1.32.